The van der Waals surface area contributed by atoms with E-state index >= 15 is 0 Å². The Morgan fingerprint density at radius 3 is 2.47 bits per heavy atom. The molecule has 0 amide bonds. The van der Waals surface area contributed by atoms with Crippen molar-refractivity contribution in [2.75, 3.05) is 10.5 Å². The number of carboxylic acid groups (broad SMARTS) is 1. The summed E-state index contributed by atoms with van der Waals surface area (Å²) in [6, 6.07) is 1.32. The Labute approximate surface area is 104 Å². The van der Waals surface area contributed by atoms with Gasteiger partial charge in [0.05, 0.1) is 5.69 Å². The highest BCUT2D eigenvalue weighted by molar-refractivity contribution is 9.10. The first-order valence-corrected chi connectivity index (χ1v) is 6.52. The number of hydrogen-bond acceptors (Lipinski definition) is 3. The van der Waals surface area contributed by atoms with Gasteiger partial charge in [-0.15, -0.1) is 0 Å². The molecule has 2 N–H and O–H groups in total. The zero-order valence-electron chi connectivity index (χ0n) is 8.08. The number of rotatable bonds is 4. The van der Waals surface area contributed by atoms with E-state index in [2.05, 4.69) is 15.9 Å². The molecule has 0 aliphatic heterocycles. The van der Waals surface area contributed by atoms with Crippen molar-refractivity contribution in [3.05, 3.63) is 28.2 Å². The van der Waals surface area contributed by atoms with Crippen molar-refractivity contribution in [1.82, 2.24) is 0 Å². The second kappa shape index (κ2) is 4.96. The molecule has 0 atom stereocenters. The standard InChI is InChI=1S/C8H6BrF2NO4S/c9-5-1-4(10)2-6(11)8(5)12-17(15,16)3-7(13)14/h1-2,12H,3H2,(H,13,14). The highest BCUT2D eigenvalue weighted by atomic mass is 79.9. The van der Waals surface area contributed by atoms with Gasteiger partial charge in [0.2, 0.25) is 10.0 Å². The molecule has 0 saturated carbocycles. The Kier molecular flexibility index (Phi) is 4.04. The molecule has 0 fully saturated rings. The third kappa shape index (κ3) is 3.93. The van der Waals surface area contributed by atoms with Crippen molar-refractivity contribution in [3.8, 4) is 0 Å². The average Bonchev–Trinajstić information content (AvgIpc) is 2.09. The van der Waals surface area contributed by atoms with Crippen molar-refractivity contribution in [3.63, 3.8) is 0 Å². The van der Waals surface area contributed by atoms with Gasteiger partial charge in [-0.25, -0.2) is 17.2 Å². The van der Waals surface area contributed by atoms with E-state index in [9.17, 15) is 22.0 Å². The number of carbonyl (C=O) groups is 1. The van der Waals surface area contributed by atoms with Crippen LogP contribution in [-0.2, 0) is 14.8 Å². The van der Waals surface area contributed by atoms with E-state index < -0.39 is 39.1 Å². The summed E-state index contributed by atoms with van der Waals surface area (Å²) in [7, 11) is -4.23. The van der Waals surface area contributed by atoms with Gasteiger partial charge < -0.3 is 5.11 Å². The Morgan fingerprint density at radius 2 is 2.00 bits per heavy atom. The van der Waals surface area contributed by atoms with Gasteiger partial charge in [0.1, 0.15) is 5.82 Å². The summed E-state index contributed by atoms with van der Waals surface area (Å²) in [5.74, 6) is -4.84. The summed E-state index contributed by atoms with van der Waals surface area (Å²) < 4.78 is 50.0. The van der Waals surface area contributed by atoms with Gasteiger partial charge in [-0.1, -0.05) is 0 Å². The molecule has 0 saturated heterocycles. The van der Waals surface area contributed by atoms with Crippen LogP contribution in [0.2, 0.25) is 0 Å². The van der Waals surface area contributed by atoms with Crippen LogP contribution in [0.15, 0.2) is 16.6 Å². The maximum Gasteiger partial charge on any atom is 0.320 e. The third-order valence-corrected chi connectivity index (χ3v) is 3.35. The van der Waals surface area contributed by atoms with Crippen LogP contribution in [-0.4, -0.2) is 25.2 Å². The molecule has 0 radical (unpaired) electrons. The predicted octanol–water partition coefficient (Wildman–Crippen LogP) is 1.55. The Morgan fingerprint density at radius 1 is 1.41 bits per heavy atom. The Balaban J connectivity index is 3.08. The second-order valence-corrected chi connectivity index (χ2v) is 5.58. The normalized spacial score (nSPS) is 11.2. The summed E-state index contributed by atoms with van der Waals surface area (Å²) in [6.07, 6.45) is 0. The third-order valence-electron chi connectivity index (χ3n) is 1.58. The zero-order valence-corrected chi connectivity index (χ0v) is 10.5. The molecule has 1 aromatic rings. The molecule has 0 bridgehead atoms. The van der Waals surface area contributed by atoms with Crippen LogP contribution in [0.25, 0.3) is 0 Å². The molecule has 17 heavy (non-hydrogen) atoms. The number of benzene rings is 1. The molecule has 0 aromatic heterocycles. The smallest absolute Gasteiger partial charge is 0.320 e. The molecule has 0 aliphatic carbocycles. The number of halogens is 3. The van der Waals surface area contributed by atoms with Crippen LogP contribution in [0.5, 0.6) is 0 Å². The number of hydrogen-bond donors (Lipinski definition) is 2. The molecule has 1 aromatic carbocycles. The maximum atomic E-state index is 13.2. The summed E-state index contributed by atoms with van der Waals surface area (Å²) in [6.45, 7) is 0. The minimum Gasteiger partial charge on any atom is -0.480 e. The summed E-state index contributed by atoms with van der Waals surface area (Å²) in [5.41, 5.74) is -0.535. The molecule has 94 valence electrons. The molecule has 5 nitrogen and oxygen atoms in total. The van der Waals surface area contributed by atoms with Crippen molar-refractivity contribution in [2.24, 2.45) is 0 Å². The highest BCUT2D eigenvalue weighted by Gasteiger charge is 2.19. The lowest BCUT2D eigenvalue weighted by atomic mass is 10.3. The maximum absolute atomic E-state index is 13.2. The molecule has 0 spiro atoms. The van der Waals surface area contributed by atoms with E-state index in [1.165, 1.54) is 0 Å². The number of anilines is 1. The molecule has 9 heteroatoms. The number of aliphatic carboxylic acids is 1. The van der Waals surface area contributed by atoms with Gasteiger partial charge in [-0.2, -0.15) is 0 Å². The highest BCUT2D eigenvalue weighted by Crippen LogP contribution is 2.27. The van der Waals surface area contributed by atoms with Crippen molar-refractivity contribution in [2.45, 2.75) is 0 Å². The molecule has 0 aliphatic rings. The lowest BCUT2D eigenvalue weighted by Gasteiger charge is -2.09. The van der Waals surface area contributed by atoms with Crippen molar-refractivity contribution < 1.29 is 27.1 Å². The first-order chi connectivity index (χ1) is 7.71. The number of sulfonamides is 1. The van der Waals surface area contributed by atoms with Gasteiger partial charge in [-0.05, 0) is 22.0 Å². The topological polar surface area (TPSA) is 83.5 Å². The fraction of sp³-hybridized carbons (Fsp3) is 0.125. The van der Waals surface area contributed by atoms with Gasteiger partial charge in [0.15, 0.2) is 11.6 Å². The van der Waals surface area contributed by atoms with E-state index in [4.69, 9.17) is 5.11 Å². The SMILES string of the molecule is O=C(O)CS(=O)(=O)Nc1c(F)cc(F)cc1Br. The largest absolute Gasteiger partial charge is 0.480 e. The van der Waals surface area contributed by atoms with Crippen LogP contribution in [0, 0.1) is 11.6 Å². The Bertz CT molecular complexity index is 538. The lowest BCUT2D eigenvalue weighted by Crippen LogP contribution is -2.23. The summed E-state index contributed by atoms with van der Waals surface area (Å²) >= 11 is 2.76. The van der Waals surface area contributed by atoms with Crippen LogP contribution in [0.4, 0.5) is 14.5 Å². The minimum atomic E-state index is -4.23. The molecule has 0 unspecified atom stereocenters. The van der Waals surface area contributed by atoms with Crippen LogP contribution >= 0.6 is 15.9 Å². The van der Waals surface area contributed by atoms with E-state index in [1.807, 2.05) is 0 Å². The molecule has 1 rings (SSSR count). The lowest BCUT2D eigenvalue weighted by molar-refractivity contribution is -0.134. The van der Waals surface area contributed by atoms with Gasteiger partial charge >= 0.3 is 5.97 Å². The average molecular weight is 330 g/mol. The Hall–Kier alpha value is -1.22. The monoisotopic (exact) mass is 329 g/mol. The molecular weight excluding hydrogens is 324 g/mol. The van der Waals surface area contributed by atoms with Gasteiger partial charge in [0.25, 0.3) is 0 Å². The van der Waals surface area contributed by atoms with Crippen LogP contribution < -0.4 is 4.72 Å². The van der Waals surface area contributed by atoms with Crippen molar-refractivity contribution >= 4 is 37.6 Å². The minimum absolute atomic E-state index is 0.163. The van der Waals surface area contributed by atoms with E-state index in [0.717, 1.165) is 6.07 Å². The van der Waals surface area contributed by atoms with E-state index in [0.29, 0.717) is 6.07 Å². The summed E-state index contributed by atoms with van der Waals surface area (Å²) in [4.78, 5) is 10.2. The van der Waals surface area contributed by atoms with Crippen LogP contribution in [0.3, 0.4) is 0 Å². The van der Waals surface area contributed by atoms with Crippen molar-refractivity contribution in [1.29, 1.82) is 0 Å². The van der Waals surface area contributed by atoms with E-state index in [1.54, 1.807) is 4.72 Å². The van der Waals surface area contributed by atoms with Crippen LogP contribution in [0.1, 0.15) is 0 Å². The first-order valence-electron chi connectivity index (χ1n) is 4.08. The second-order valence-electron chi connectivity index (χ2n) is 3.00. The first kappa shape index (κ1) is 13.8. The summed E-state index contributed by atoms with van der Waals surface area (Å²) in [5, 5.41) is 8.33. The van der Waals surface area contributed by atoms with Gasteiger partial charge in [-0.3, -0.25) is 9.52 Å². The van der Waals surface area contributed by atoms with Gasteiger partial charge in [0, 0.05) is 10.5 Å². The quantitative estimate of drug-likeness (QED) is 0.877. The molecule has 0 heterocycles. The number of nitrogens with one attached hydrogen (secondary N) is 1. The fourth-order valence-electron chi connectivity index (χ4n) is 0.994. The zero-order chi connectivity index (χ0) is 13.2. The number of carboxylic acids is 1. The fourth-order valence-corrected chi connectivity index (χ4v) is 2.55. The van der Waals surface area contributed by atoms with E-state index in [-0.39, 0.29) is 4.47 Å². The predicted molar refractivity (Wildman–Crippen MR) is 59.1 cm³/mol. The molecular formula is C8H6BrF2NO4S.